The lowest BCUT2D eigenvalue weighted by Gasteiger charge is -2.35. The Hall–Kier alpha value is -0.580. The molecule has 100 valence electrons. The van der Waals surface area contributed by atoms with Crippen LogP contribution in [0.15, 0.2) is 6.07 Å². The summed E-state index contributed by atoms with van der Waals surface area (Å²) in [5.41, 5.74) is 0.776. The van der Waals surface area contributed by atoms with E-state index in [1.807, 2.05) is 0 Å². The number of hydrogen-bond acceptors (Lipinski definition) is 4. The van der Waals surface area contributed by atoms with Crippen molar-refractivity contribution < 1.29 is 5.11 Å². The summed E-state index contributed by atoms with van der Waals surface area (Å²) < 4.78 is 0. The average molecular weight is 290 g/mol. The predicted molar refractivity (Wildman–Crippen MR) is 73.4 cm³/mol. The Morgan fingerprint density at radius 2 is 1.94 bits per heavy atom. The number of aliphatic hydroxyl groups is 1. The molecule has 1 heterocycles. The highest BCUT2D eigenvalue weighted by molar-refractivity contribution is 6.33. The zero-order valence-electron chi connectivity index (χ0n) is 10.1. The molecule has 4 nitrogen and oxygen atoms in total. The Kier molecular flexibility index (Phi) is 5.03. The van der Waals surface area contributed by atoms with Gasteiger partial charge >= 0.3 is 0 Å². The zero-order chi connectivity index (χ0) is 13.0. The first-order valence-electron chi connectivity index (χ1n) is 6.28. The van der Waals surface area contributed by atoms with Gasteiger partial charge in [-0.25, -0.2) is 0 Å². The van der Waals surface area contributed by atoms with E-state index in [1.54, 1.807) is 6.07 Å². The Bertz CT molecular complexity index is 397. The van der Waals surface area contributed by atoms with Crippen molar-refractivity contribution >= 4 is 28.9 Å². The van der Waals surface area contributed by atoms with E-state index in [0.717, 1.165) is 18.5 Å². The molecule has 1 N–H and O–H groups in total. The summed E-state index contributed by atoms with van der Waals surface area (Å²) in [6, 6.07) is 2.13. The van der Waals surface area contributed by atoms with Crippen LogP contribution in [0, 0.1) is 0 Å². The molecule has 0 aromatic carbocycles. The molecule has 0 bridgehead atoms. The highest BCUT2D eigenvalue weighted by Crippen LogP contribution is 2.31. The third-order valence-corrected chi connectivity index (χ3v) is 3.82. The molecular weight excluding hydrogens is 273 g/mol. The molecule has 1 aromatic heterocycles. The van der Waals surface area contributed by atoms with Gasteiger partial charge in [-0.3, -0.25) is 0 Å². The van der Waals surface area contributed by atoms with Gasteiger partial charge in [-0.15, -0.1) is 10.2 Å². The molecular formula is C12H17Cl2N3O. The quantitative estimate of drug-likeness (QED) is 0.926. The Labute approximate surface area is 117 Å². The van der Waals surface area contributed by atoms with Crippen LogP contribution in [-0.2, 0) is 0 Å². The number of aliphatic hydroxyl groups excluding tert-OH is 1. The summed E-state index contributed by atoms with van der Waals surface area (Å²) in [6.07, 6.45) is 5.96. The van der Waals surface area contributed by atoms with Gasteiger partial charge in [0.25, 0.3) is 0 Å². The van der Waals surface area contributed by atoms with Crippen LogP contribution >= 0.6 is 23.2 Å². The second-order valence-electron chi connectivity index (χ2n) is 4.55. The lowest BCUT2D eigenvalue weighted by molar-refractivity contribution is 0.290. The van der Waals surface area contributed by atoms with Crippen molar-refractivity contribution in [2.24, 2.45) is 0 Å². The lowest BCUT2D eigenvalue weighted by atomic mass is 9.94. The first-order valence-corrected chi connectivity index (χ1v) is 7.04. The van der Waals surface area contributed by atoms with E-state index in [-0.39, 0.29) is 6.61 Å². The SMILES string of the molecule is OCCN(c1cc(Cl)nnc1Cl)C1CCCCC1. The number of hydrogen-bond donors (Lipinski definition) is 1. The van der Waals surface area contributed by atoms with Crippen molar-refractivity contribution in [2.75, 3.05) is 18.1 Å². The molecule has 0 saturated heterocycles. The molecule has 6 heteroatoms. The molecule has 1 fully saturated rings. The van der Waals surface area contributed by atoms with E-state index in [9.17, 15) is 5.11 Å². The first kappa shape index (κ1) is 13.8. The fraction of sp³-hybridized carbons (Fsp3) is 0.667. The molecule has 1 aliphatic carbocycles. The van der Waals surface area contributed by atoms with Crippen LogP contribution in [0.5, 0.6) is 0 Å². The molecule has 18 heavy (non-hydrogen) atoms. The van der Waals surface area contributed by atoms with Crippen LogP contribution in [0.25, 0.3) is 0 Å². The van der Waals surface area contributed by atoms with Crippen molar-refractivity contribution in [3.05, 3.63) is 16.4 Å². The highest BCUT2D eigenvalue weighted by atomic mass is 35.5. The molecule has 1 saturated carbocycles. The van der Waals surface area contributed by atoms with Crippen LogP contribution < -0.4 is 4.90 Å². The monoisotopic (exact) mass is 289 g/mol. The van der Waals surface area contributed by atoms with E-state index in [0.29, 0.717) is 22.9 Å². The summed E-state index contributed by atoms with van der Waals surface area (Å²) in [7, 11) is 0. The molecule has 0 radical (unpaired) electrons. The van der Waals surface area contributed by atoms with Crippen LogP contribution in [0.4, 0.5) is 5.69 Å². The summed E-state index contributed by atoms with van der Waals surface area (Å²) in [5, 5.41) is 17.5. The maximum Gasteiger partial charge on any atom is 0.175 e. The molecule has 2 rings (SSSR count). The summed E-state index contributed by atoms with van der Waals surface area (Å²) in [6.45, 7) is 0.638. The topological polar surface area (TPSA) is 49.2 Å². The van der Waals surface area contributed by atoms with Crippen LogP contribution in [0.1, 0.15) is 32.1 Å². The number of rotatable bonds is 4. The summed E-state index contributed by atoms with van der Waals surface area (Å²) >= 11 is 12.0. The largest absolute Gasteiger partial charge is 0.395 e. The number of nitrogens with zero attached hydrogens (tertiary/aromatic N) is 3. The number of anilines is 1. The standard InChI is InChI=1S/C12H17Cl2N3O/c13-11-8-10(12(14)16-15-11)17(6-7-18)9-4-2-1-3-5-9/h8-9,18H,1-7H2. The van der Waals surface area contributed by atoms with E-state index >= 15 is 0 Å². The van der Waals surface area contributed by atoms with Crippen molar-refractivity contribution in [1.82, 2.24) is 10.2 Å². The van der Waals surface area contributed by atoms with Crippen LogP contribution in [0.3, 0.4) is 0 Å². The maximum absolute atomic E-state index is 9.24. The van der Waals surface area contributed by atoms with Crippen molar-refractivity contribution in [1.29, 1.82) is 0 Å². The maximum atomic E-state index is 9.24. The normalized spacial score (nSPS) is 16.8. The Balaban J connectivity index is 2.24. The van der Waals surface area contributed by atoms with Gasteiger partial charge in [0.2, 0.25) is 0 Å². The van der Waals surface area contributed by atoms with E-state index in [4.69, 9.17) is 23.2 Å². The molecule has 0 unspecified atom stereocenters. The van der Waals surface area contributed by atoms with Gasteiger partial charge in [0.05, 0.1) is 12.3 Å². The van der Waals surface area contributed by atoms with E-state index in [2.05, 4.69) is 15.1 Å². The average Bonchev–Trinajstić information content (AvgIpc) is 2.40. The second-order valence-corrected chi connectivity index (χ2v) is 5.30. The lowest BCUT2D eigenvalue weighted by Crippen LogP contribution is -2.39. The highest BCUT2D eigenvalue weighted by Gasteiger charge is 2.23. The fourth-order valence-electron chi connectivity index (χ4n) is 2.55. The van der Waals surface area contributed by atoms with Crippen molar-refractivity contribution in [2.45, 2.75) is 38.1 Å². The van der Waals surface area contributed by atoms with Crippen molar-refractivity contribution in [3.8, 4) is 0 Å². The van der Waals surface area contributed by atoms with Gasteiger partial charge in [-0.2, -0.15) is 0 Å². The minimum atomic E-state index is 0.0901. The van der Waals surface area contributed by atoms with Gasteiger partial charge in [-0.1, -0.05) is 42.5 Å². The second kappa shape index (κ2) is 6.55. The summed E-state index contributed by atoms with van der Waals surface area (Å²) in [5.74, 6) is 0. The van der Waals surface area contributed by atoms with Gasteiger partial charge in [-0.05, 0) is 12.8 Å². The molecule has 1 aromatic rings. The molecule has 0 aliphatic heterocycles. The Morgan fingerprint density at radius 3 is 2.61 bits per heavy atom. The Morgan fingerprint density at radius 1 is 1.22 bits per heavy atom. The van der Waals surface area contributed by atoms with E-state index < -0.39 is 0 Å². The third kappa shape index (κ3) is 3.25. The zero-order valence-corrected chi connectivity index (χ0v) is 11.7. The van der Waals surface area contributed by atoms with Gasteiger partial charge in [0.1, 0.15) is 0 Å². The van der Waals surface area contributed by atoms with Gasteiger partial charge < -0.3 is 10.0 Å². The predicted octanol–water partition coefficient (Wildman–Crippen LogP) is 2.91. The number of halogens is 2. The summed E-state index contributed by atoms with van der Waals surface area (Å²) in [4.78, 5) is 2.11. The van der Waals surface area contributed by atoms with Gasteiger partial charge in [0, 0.05) is 18.7 Å². The van der Waals surface area contributed by atoms with Gasteiger partial charge in [0.15, 0.2) is 10.3 Å². The molecule has 0 spiro atoms. The number of aromatic nitrogens is 2. The fourth-order valence-corrected chi connectivity index (χ4v) is 2.89. The molecule has 0 amide bonds. The minimum Gasteiger partial charge on any atom is -0.395 e. The first-order chi connectivity index (χ1) is 8.72. The van der Waals surface area contributed by atoms with Crippen LogP contribution in [-0.4, -0.2) is 34.5 Å². The molecule has 0 atom stereocenters. The van der Waals surface area contributed by atoms with Crippen molar-refractivity contribution in [3.63, 3.8) is 0 Å². The molecule has 1 aliphatic rings. The third-order valence-electron chi connectivity index (χ3n) is 3.37. The minimum absolute atomic E-state index is 0.0901. The van der Waals surface area contributed by atoms with Crippen LogP contribution in [0.2, 0.25) is 10.3 Å². The van der Waals surface area contributed by atoms with E-state index in [1.165, 1.54) is 19.3 Å². The smallest absolute Gasteiger partial charge is 0.175 e.